The number of carbonyl (C=O) groups is 1. The van der Waals surface area contributed by atoms with E-state index in [0.717, 1.165) is 24.3 Å². The summed E-state index contributed by atoms with van der Waals surface area (Å²) in [5.41, 5.74) is 3.34. The predicted molar refractivity (Wildman–Crippen MR) is 105 cm³/mol. The first kappa shape index (κ1) is 17.6. The first-order valence-corrected chi connectivity index (χ1v) is 8.76. The fourth-order valence-corrected chi connectivity index (χ4v) is 2.72. The van der Waals surface area contributed by atoms with Crippen molar-refractivity contribution in [1.29, 1.82) is 0 Å². The fraction of sp³-hybridized carbons (Fsp3) is 0.190. The molecule has 0 radical (unpaired) electrons. The number of aromatic nitrogens is 2. The standard InChI is InChI=1S/C21H22N4O/c1-3-16-10-12-17(13-11-16)24-21(26)19-14-20(23-15-22-19)25(4-2)18-8-6-5-7-9-18/h5-15H,3-4H2,1-2H3,(H,24,26). The van der Waals surface area contributed by atoms with Crippen LogP contribution in [0.2, 0.25) is 0 Å². The van der Waals surface area contributed by atoms with Gasteiger partial charge >= 0.3 is 0 Å². The van der Waals surface area contributed by atoms with Crippen molar-refractivity contribution in [2.24, 2.45) is 0 Å². The second kappa shape index (κ2) is 8.25. The molecule has 1 amide bonds. The van der Waals surface area contributed by atoms with E-state index < -0.39 is 0 Å². The van der Waals surface area contributed by atoms with Gasteiger partial charge in [0.2, 0.25) is 0 Å². The van der Waals surface area contributed by atoms with E-state index in [1.807, 2.05) is 66.4 Å². The van der Waals surface area contributed by atoms with Crippen LogP contribution in [0.4, 0.5) is 17.2 Å². The number of anilines is 3. The Kier molecular flexibility index (Phi) is 5.59. The van der Waals surface area contributed by atoms with Crippen molar-refractivity contribution in [3.63, 3.8) is 0 Å². The minimum Gasteiger partial charge on any atom is -0.327 e. The number of para-hydroxylation sites is 1. The largest absolute Gasteiger partial charge is 0.327 e. The number of hydrogen-bond donors (Lipinski definition) is 1. The molecule has 1 N–H and O–H groups in total. The average Bonchev–Trinajstić information content (AvgIpc) is 2.70. The molecule has 0 aliphatic rings. The number of hydrogen-bond acceptors (Lipinski definition) is 4. The topological polar surface area (TPSA) is 58.1 Å². The van der Waals surface area contributed by atoms with Crippen molar-refractivity contribution in [2.75, 3.05) is 16.8 Å². The summed E-state index contributed by atoms with van der Waals surface area (Å²) in [7, 11) is 0. The SMILES string of the molecule is CCc1ccc(NC(=O)c2cc(N(CC)c3ccccc3)ncn2)cc1. The van der Waals surface area contributed by atoms with E-state index in [1.165, 1.54) is 11.9 Å². The zero-order valence-corrected chi connectivity index (χ0v) is 15.0. The highest BCUT2D eigenvalue weighted by atomic mass is 16.1. The number of carbonyl (C=O) groups excluding carboxylic acids is 1. The maximum absolute atomic E-state index is 12.5. The summed E-state index contributed by atoms with van der Waals surface area (Å²) in [5.74, 6) is 0.446. The molecule has 0 fully saturated rings. The number of nitrogens with zero attached hydrogens (tertiary/aromatic N) is 3. The molecule has 2 aromatic carbocycles. The minimum atomic E-state index is -0.248. The number of rotatable bonds is 6. The first-order chi connectivity index (χ1) is 12.7. The monoisotopic (exact) mass is 346 g/mol. The molecule has 0 aliphatic carbocycles. The van der Waals surface area contributed by atoms with Crippen LogP contribution < -0.4 is 10.2 Å². The highest BCUT2D eigenvalue weighted by molar-refractivity contribution is 6.03. The van der Waals surface area contributed by atoms with Gasteiger partial charge in [-0.1, -0.05) is 37.3 Å². The van der Waals surface area contributed by atoms with Gasteiger partial charge in [-0.05, 0) is 43.2 Å². The van der Waals surface area contributed by atoms with Crippen LogP contribution in [0.1, 0.15) is 29.9 Å². The molecule has 1 heterocycles. The van der Waals surface area contributed by atoms with Crippen LogP contribution in [0, 0.1) is 0 Å². The Balaban J connectivity index is 1.80. The van der Waals surface area contributed by atoms with Crippen LogP contribution in [-0.2, 0) is 6.42 Å². The lowest BCUT2D eigenvalue weighted by Crippen LogP contribution is -2.20. The summed E-state index contributed by atoms with van der Waals surface area (Å²) in [6.45, 7) is 4.88. The number of amides is 1. The molecule has 0 aliphatic heterocycles. The molecule has 3 aromatic rings. The zero-order valence-electron chi connectivity index (χ0n) is 15.0. The molecule has 0 atom stereocenters. The molecule has 0 saturated heterocycles. The molecule has 132 valence electrons. The second-order valence-electron chi connectivity index (χ2n) is 5.85. The molecule has 0 saturated carbocycles. The third-order valence-corrected chi connectivity index (χ3v) is 4.17. The minimum absolute atomic E-state index is 0.248. The highest BCUT2D eigenvalue weighted by Gasteiger charge is 2.13. The molecule has 3 rings (SSSR count). The molecule has 1 aromatic heterocycles. The summed E-state index contributed by atoms with van der Waals surface area (Å²) < 4.78 is 0. The molecule has 5 nitrogen and oxygen atoms in total. The third kappa shape index (κ3) is 4.06. The van der Waals surface area contributed by atoms with Crippen LogP contribution in [-0.4, -0.2) is 22.4 Å². The number of aryl methyl sites for hydroxylation is 1. The van der Waals surface area contributed by atoms with E-state index in [0.29, 0.717) is 11.5 Å². The molecular formula is C21H22N4O. The molecule has 5 heteroatoms. The van der Waals surface area contributed by atoms with Crippen LogP contribution >= 0.6 is 0 Å². The second-order valence-corrected chi connectivity index (χ2v) is 5.85. The van der Waals surface area contributed by atoms with E-state index in [-0.39, 0.29) is 5.91 Å². The van der Waals surface area contributed by atoms with Crippen LogP contribution in [0.5, 0.6) is 0 Å². The Bertz CT molecular complexity index is 863. The molecule has 0 spiro atoms. The van der Waals surface area contributed by atoms with Gasteiger partial charge in [0.15, 0.2) is 0 Å². The number of benzene rings is 2. The van der Waals surface area contributed by atoms with Gasteiger partial charge in [0, 0.05) is 24.0 Å². The van der Waals surface area contributed by atoms with Crippen LogP contribution in [0.25, 0.3) is 0 Å². The number of nitrogens with one attached hydrogen (secondary N) is 1. The maximum Gasteiger partial charge on any atom is 0.274 e. The fourth-order valence-electron chi connectivity index (χ4n) is 2.72. The van der Waals surface area contributed by atoms with Crippen LogP contribution in [0.3, 0.4) is 0 Å². The van der Waals surface area contributed by atoms with Crippen molar-refractivity contribution in [2.45, 2.75) is 20.3 Å². The van der Waals surface area contributed by atoms with Crippen molar-refractivity contribution < 1.29 is 4.79 Å². The lowest BCUT2D eigenvalue weighted by Gasteiger charge is -2.22. The Morgan fingerprint density at radius 3 is 2.38 bits per heavy atom. The van der Waals surface area contributed by atoms with Gasteiger partial charge in [-0.25, -0.2) is 9.97 Å². The summed E-state index contributed by atoms with van der Waals surface area (Å²) >= 11 is 0. The highest BCUT2D eigenvalue weighted by Crippen LogP contribution is 2.23. The van der Waals surface area contributed by atoms with E-state index in [4.69, 9.17) is 0 Å². The van der Waals surface area contributed by atoms with E-state index in [9.17, 15) is 4.79 Å². The van der Waals surface area contributed by atoms with E-state index >= 15 is 0 Å². The van der Waals surface area contributed by atoms with Gasteiger partial charge in [-0.3, -0.25) is 4.79 Å². The Labute approximate surface area is 153 Å². The molecule has 26 heavy (non-hydrogen) atoms. The van der Waals surface area contributed by atoms with E-state index in [1.54, 1.807) is 6.07 Å². The summed E-state index contributed by atoms with van der Waals surface area (Å²) in [6, 6.07) is 19.5. The lowest BCUT2D eigenvalue weighted by atomic mass is 10.1. The lowest BCUT2D eigenvalue weighted by molar-refractivity contribution is 0.102. The predicted octanol–water partition coefficient (Wildman–Crippen LogP) is 4.45. The third-order valence-electron chi connectivity index (χ3n) is 4.17. The Hall–Kier alpha value is -3.21. The van der Waals surface area contributed by atoms with Crippen molar-refractivity contribution in [1.82, 2.24) is 9.97 Å². The Morgan fingerprint density at radius 1 is 1.00 bits per heavy atom. The van der Waals surface area contributed by atoms with Gasteiger partial charge in [-0.15, -0.1) is 0 Å². The van der Waals surface area contributed by atoms with Gasteiger partial charge in [0.05, 0.1) is 0 Å². The quantitative estimate of drug-likeness (QED) is 0.716. The Morgan fingerprint density at radius 2 is 1.73 bits per heavy atom. The molecule has 0 unspecified atom stereocenters. The zero-order chi connectivity index (χ0) is 18.4. The van der Waals surface area contributed by atoms with Crippen molar-refractivity contribution in [3.8, 4) is 0 Å². The smallest absolute Gasteiger partial charge is 0.274 e. The van der Waals surface area contributed by atoms with Gasteiger partial charge in [0.25, 0.3) is 5.91 Å². The summed E-state index contributed by atoms with van der Waals surface area (Å²) in [5, 5.41) is 2.89. The first-order valence-electron chi connectivity index (χ1n) is 8.76. The average molecular weight is 346 g/mol. The van der Waals surface area contributed by atoms with Gasteiger partial charge in [0.1, 0.15) is 17.8 Å². The maximum atomic E-state index is 12.5. The summed E-state index contributed by atoms with van der Waals surface area (Å²) in [6.07, 6.45) is 2.39. The molecule has 0 bridgehead atoms. The van der Waals surface area contributed by atoms with E-state index in [2.05, 4.69) is 22.2 Å². The summed E-state index contributed by atoms with van der Waals surface area (Å²) in [4.78, 5) is 23.0. The van der Waals surface area contributed by atoms with Crippen molar-refractivity contribution in [3.05, 3.63) is 78.2 Å². The normalized spacial score (nSPS) is 10.4. The van der Waals surface area contributed by atoms with Crippen LogP contribution in [0.15, 0.2) is 67.0 Å². The van der Waals surface area contributed by atoms with Gasteiger partial charge in [-0.2, -0.15) is 0 Å². The molecular weight excluding hydrogens is 324 g/mol. The van der Waals surface area contributed by atoms with Gasteiger partial charge < -0.3 is 10.2 Å². The van der Waals surface area contributed by atoms with Crippen molar-refractivity contribution >= 4 is 23.1 Å².